The van der Waals surface area contributed by atoms with Crippen LogP contribution in [0.25, 0.3) is 0 Å². The quantitative estimate of drug-likeness (QED) is 0.793. The summed E-state index contributed by atoms with van der Waals surface area (Å²) in [5, 5.41) is 9.53. The van der Waals surface area contributed by atoms with E-state index < -0.39 is 7.14 Å². The van der Waals surface area contributed by atoms with Crippen molar-refractivity contribution in [3.8, 4) is 0 Å². The molecule has 0 bridgehead atoms. The summed E-state index contributed by atoms with van der Waals surface area (Å²) in [4.78, 5) is 2.42. The molecule has 0 unspecified atom stereocenters. The van der Waals surface area contributed by atoms with E-state index in [1.54, 1.807) is 0 Å². The maximum absolute atomic E-state index is 11.8. The molecule has 0 aromatic rings. The van der Waals surface area contributed by atoms with E-state index in [-0.39, 0.29) is 12.1 Å². The fraction of sp³-hybridized carbons (Fsp3) is 1.00. The largest absolute Gasteiger partial charge is 0.394 e. The number of fused-ring (bicyclic) bond motifs is 1. The van der Waals surface area contributed by atoms with Gasteiger partial charge in [0.05, 0.1) is 13.7 Å². The normalized spacial score (nSPS) is 33.1. The van der Waals surface area contributed by atoms with Crippen LogP contribution in [0.15, 0.2) is 0 Å². The second-order valence-electron chi connectivity index (χ2n) is 5.76. The lowest BCUT2D eigenvalue weighted by Gasteiger charge is -2.29. The van der Waals surface area contributed by atoms with Gasteiger partial charge in [0.1, 0.15) is 0 Å². The molecule has 2 aliphatic heterocycles. The Labute approximate surface area is 106 Å². The van der Waals surface area contributed by atoms with Crippen molar-refractivity contribution in [1.82, 2.24) is 4.90 Å². The van der Waals surface area contributed by atoms with E-state index in [2.05, 4.69) is 4.90 Å². The van der Waals surface area contributed by atoms with E-state index >= 15 is 0 Å². The van der Waals surface area contributed by atoms with Gasteiger partial charge in [0.25, 0.3) is 0 Å². The van der Waals surface area contributed by atoms with Crippen molar-refractivity contribution >= 4 is 7.14 Å². The fourth-order valence-electron chi connectivity index (χ4n) is 3.41. The molecule has 2 saturated heterocycles. The predicted octanol–water partition coefficient (Wildman–Crippen LogP) is 2.48. The Morgan fingerprint density at radius 1 is 1.41 bits per heavy atom. The molecule has 2 fully saturated rings. The molecule has 2 heterocycles. The highest BCUT2D eigenvalue weighted by atomic mass is 31.2. The fourth-order valence-corrected chi connectivity index (χ4v) is 4.90. The van der Waals surface area contributed by atoms with Crippen LogP contribution in [0.2, 0.25) is 0 Å². The van der Waals surface area contributed by atoms with Gasteiger partial charge in [0.15, 0.2) is 0 Å². The lowest BCUT2D eigenvalue weighted by atomic mass is 9.92. The van der Waals surface area contributed by atoms with Gasteiger partial charge >= 0.3 is 0 Å². The summed E-state index contributed by atoms with van der Waals surface area (Å²) in [7, 11) is -1.90. The van der Waals surface area contributed by atoms with Crippen LogP contribution < -0.4 is 0 Å². The number of aliphatic hydroxyl groups excluding tert-OH is 1. The summed E-state index contributed by atoms with van der Waals surface area (Å²) < 4.78 is 11.8. The highest BCUT2D eigenvalue weighted by molar-refractivity contribution is 7.62. The molecule has 1 N–H and O–H groups in total. The van der Waals surface area contributed by atoms with Crippen LogP contribution in [0.5, 0.6) is 0 Å². The van der Waals surface area contributed by atoms with Crippen molar-refractivity contribution in [2.45, 2.75) is 38.6 Å². The van der Waals surface area contributed by atoms with Gasteiger partial charge in [-0.15, -0.1) is 0 Å². The first-order valence-electron chi connectivity index (χ1n) is 6.85. The van der Waals surface area contributed by atoms with Gasteiger partial charge in [-0.1, -0.05) is 13.8 Å². The summed E-state index contributed by atoms with van der Waals surface area (Å²) in [6, 6.07) is 0. The predicted molar refractivity (Wildman–Crippen MR) is 74.4 cm³/mol. The smallest absolute Gasteiger partial charge is 0.0822 e. The molecule has 2 atom stereocenters. The molecule has 0 spiro atoms. The van der Waals surface area contributed by atoms with E-state index in [1.807, 2.05) is 27.2 Å². The standard InChI is InChI=1S/C11H22NO2P.C2H6/c1-15(2,14)8-10-6-11(9-13)4-3-5-12(11)7-10;1-2/h10,13H,3-9H2,1-2H3;1-2H3/t10-,11-;/m0./s1. The highest BCUT2D eigenvalue weighted by Gasteiger charge is 2.48. The van der Waals surface area contributed by atoms with E-state index in [1.165, 1.54) is 6.42 Å². The van der Waals surface area contributed by atoms with Gasteiger partial charge in [-0.25, -0.2) is 0 Å². The first kappa shape index (κ1) is 15.2. The first-order chi connectivity index (χ1) is 7.95. The number of nitrogens with zero attached hydrogens (tertiary/aromatic N) is 1. The molecule has 0 amide bonds. The second kappa shape index (κ2) is 5.86. The third-order valence-corrected chi connectivity index (χ3v) is 5.28. The zero-order valence-electron chi connectivity index (χ0n) is 11.8. The maximum atomic E-state index is 11.8. The molecule has 2 aliphatic rings. The van der Waals surface area contributed by atoms with Gasteiger partial charge in [-0.3, -0.25) is 4.90 Å². The Bertz CT molecular complexity index is 289. The minimum Gasteiger partial charge on any atom is -0.394 e. The van der Waals surface area contributed by atoms with E-state index in [9.17, 15) is 9.67 Å². The molecule has 0 saturated carbocycles. The van der Waals surface area contributed by atoms with Crippen LogP contribution in [-0.2, 0) is 4.57 Å². The van der Waals surface area contributed by atoms with Crippen molar-refractivity contribution in [3.05, 3.63) is 0 Å². The number of hydrogen-bond donors (Lipinski definition) is 1. The van der Waals surface area contributed by atoms with Gasteiger partial charge in [0, 0.05) is 18.2 Å². The van der Waals surface area contributed by atoms with Crippen LogP contribution in [0.3, 0.4) is 0 Å². The van der Waals surface area contributed by atoms with Gasteiger partial charge in [-0.2, -0.15) is 0 Å². The minimum absolute atomic E-state index is 0.0554. The topological polar surface area (TPSA) is 40.5 Å². The monoisotopic (exact) mass is 261 g/mol. The Balaban J connectivity index is 0.000000686. The molecule has 2 rings (SSSR count). The third-order valence-electron chi connectivity index (χ3n) is 3.88. The van der Waals surface area contributed by atoms with Crippen molar-refractivity contribution in [1.29, 1.82) is 0 Å². The van der Waals surface area contributed by atoms with Crippen molar-refractivity contribution in [2.24, 2.45) is 5.92 Å². The third kappa shape index (κ3) is 3.56. The molecule has 0 aromatic carbocycles. The van der Waals surface area contributed by atoms with E-state index in [0.717, 1.165) is 32.1 Å². The Morgan fingerprint density at radius 3 is 2.53 bits per heavy atom. The molecule has 3 nitrogen and oxygen atoms in total. The molecule has 17 heavy (non-hydrogen) atoms. The average Bonchev–Trinajstić information content (AvgIpc) is 2.74. The van der Waals surface area contributed by atoms with Crippen LogP contribution >= 0.6 is 7.14 Å². The van der Waals surface area contributed by atoms with Gasteiger partial charge in [-0.05, 0) is 45.1 Å². The minimum atomic E-state index is -1.90. The Kier molecular flexibility index (Phi) is 5.24. The van der Waals surface area contributed by atoms with Crippen LogP contribution in [0, 0.1) is 5.92 Å². The van der Waals surface area contributed by atoms with E-state index in [4.69, 9.17) is 0 Å². The Hall–Kier alpha value is 0.150. The SMILES string of the molecule is CC.CP(C)(=O)C[C@@H]1CN2CCC[C@@]2(CO)C1. The first-order valence-corrected chi connectivity index (χ1v) is 9.64. The lowest BCUT2D eigenvalue weighted by molar-refractivity contribution is 0.0998. The lowest BCUT2D eigenvalue weighted by Crippen LogP contribution is -2.41. The molecule has 0 aliphatic carbocycles. The summed E-state index contributed by atoms with van der Waals surface area (Å²) in [6.07, 6.45) is 4.24. The van der Waals surface area contributed by atoms with Crippen molar-refractivity contribution in [2.75, 3.05) is 39.2 Å². The Morgan fingerprint density at radius 2 is 2.06 bits per heavy atom. The molecule has 0 aromatic heterocycles. The van der Waals surface area contributed by atoms with Crippen molar-refractivity contribution in [3.63, 3.8) is 0 Å². The van der Waals surface area contributed by atoms with Gasteiger partial charge in [0.2, 0.25) is 0 Å². The summed E-state index contributed by atoms with van der Waals surface area (Å²) in [5.41, 5.74) is 0.0554. The summed E-state index contributed by atoms with van der Waals surface area (Å²) >= 11 is 0. The molecular weight excluding hydrogens is 233 g/mol. The highest BCUT2D eigenvalue weighted by Crippen LogP contribution is 2.47. The van der Waals surface area contributed by atoms with Gasteiger partial charge < -0.3 is 9.67 Å². The van der Waals surface area contributed by atoms with Crippen LogP contribution in [0.4, 0.5) is 0 Å². The zero-order valence-corrected chi connectivity index (χ0v) is 12.7. The maximum Gasteiger partial charge on any atom is 0.0822 e. The van der Waals surface area contributed by atoms with Crippen molar-refractivity contribution < 1.29 is 9.67 Å². The molecule has 102 valence electrons. The summed E-state index contributed by atoms with van der Waals surface area (Å²) in [6.45, 7) is 10.2. The second-order valence-corrected chi connectivity index (χ2v) is 9.27. The van der Waals surface area contributed by atoms with E-state index in [0.29, 0.717) is 5.92 Å². The average molecular weight is 261 g/mol. The number of rotatable bonds is 3. The zero-order chi connectivity index (χ0) is 13.1. The number of aliphatic hydroxyl groups is 1. The van der Waals surface area contributed by atoms with Crippen LogP contribution in [0.1, 0.15) is 33.1 Å². The number of hydrogen-bond acceptors (Lipinski definition) is 3. The molecule has 4 heteroatoms. The molecule has 0 radical (unpaired) electrons. The summed E-state index contributed by atoms with van der Waals surface area (Å²) in [5.74, 6) is 0.540. The molecular formula is C13H28NO2P. The van der Waals surface area contributed by atoms with Crippen LogP contribution in [-0.4, -0.2) is 54.7 Å².